The number of nitrogens with zero attached hydrogens (tertiary/aromatic N) is 3. The van der Waals surface area contributed by atoms with E-state index in [4.69, 9.17) is 0 Å². The lowest BCUT2D eigenvalue weighted by atomic mass is 10.2. The van der Waals surface area contributed by atoms with E-state index in [9.17, 15) is 0 Å². The number of benzene rings is 2. The first kappa shape index (κ1) is 15.5. The number of para-hydroxylation sites is 1. The number of aromatic nitrogens is 2. The van der Waals surface area contributed by atoms with E-state index < -0.39 is 0 Å². The summed E-state index contributed by atoms with van der Waals surface area (Å²) < 4.78 is 0.978. The van der Waals surface area contributed by atoms with Gasteiger partial charge in [0.2, 0.25) is 5.95 Å². The second-order valence-electron chi connectivity index (χ2n) is 5.18. The Morgan fingerprint density at radius 2 is 1.74 bits per heavy atom. The molecule has 1 N–H and O–H groups in total. The van der Waals surface area contributed by atoms with Gasteiger partial charge in [0.25, 0.3) is 0 Å². The summed E-state index contributed by atoms with van der Waals surface area (Å²) in [6.07, 6.45) is 1.77. The molecule has 0 saturated carbocycles. The number of anilines is 3. The van der Waals surface area contributed by atoms with Crippen LogP contribution in [0.2, 0.25) is 0 Å². The zero-order chi connectivity index (χ0) is 16.1. The molecule has 0 atom stereocenters. The van der Waals surface area contributed by atoms with E-state index >= 15 is 0 Å². The van der Waals surface area contributed by atoms with E-state index in [1.54, 1.807) is 6.20 Å². The van der Waals surface area contributed by atoms with Crippen molar-refractivity contribution in [3.63, 3.8) is 0 Å². The Hall–Kier alpha value is -2.40. The topological polar surface area (TPSA) is 41.1 Å². The lowest BCUT2D eigenvalue weighted by Crippen LogP contribution is -2.18. The molecule has 0 fully saturated rings. The molecular weight excluding hydrogens is 352 g/mol. The van der Waals surface area contributed by atoms with Crippen LogP contribution in [0.5, 0.6) is 0 Å². The van der Waals surface area contributed by atoms with Crippen molar-refractivity contribution in [1.29, 1.82) is 0 Å². The molecule has 0 unspecified atom stereocenters. The summed E-state index contributed by atoms with van der Waals surface area (Å²) >= 11 is 3.52. The summed E-state index contributed by atoms with van der Waals surface area (Å²) in [6, 6.07) is 20.1. The Morgan fingerprint density at radius 3 is 2.52 bits per heavy atom. The minimum Gasteiger partial charge on any atom is -0.355 e. The van der Waals surface area contributed by atoms with Gasteiger partial charge in [-0.25, -0.2) is 4.98 Å². The van der Waals surface area contributed by atoms with Gasteiger partial charge in [-0.05, 0) is 39.7 Å². The van der Waals surface area contributed by atoms with E-state index in [2.05, 4.69) is 48.2 Å². The van der Waals surface area contributed by atoms with E-state index in [-0.39, 0.29) is 0 Å². The molecule has 0 saturated heterocycles. The number of halogens is 1. The second kappa shape index (κ2) is 7.24. The minimum absolute atomic E-state index is 0.578. The lowest BCUT2D eigenvalue weighted by Gasteiger charge is -2.18. The monoisotopic (exact) mass is 368 g/mol. The van der Waals surface area contributed by atoms with Crippen LogP contribution in [0.3, 0.4) is 0 Å². The third-order valence-corrected chi connectivity index (χ3v) is 4.11. The standard InChI is InChI=1S/C18H17BrN4/c1-23(13-14-7-3-2-4-8-14)17-11-12-20-18(22-17)21-16-10-6-5-9-15(16)19/h2-12H,13H2,1H3,(H,20,21,22). The van der Waals surface area contributed by atoms with Crippen molar-refractivity contribution < 1.29 is 0 Å². The van der Waals surface area contributed by atoms with Gasteiger partial charge in [-0.2, -0.15) is 4.98 Å². The van der Waals surface area contributed by atoms with E-state index in [0.717, 1.165) is 22.5 Å². The van der Waals surface area contributed by atoms with Crippen LogP contribution in [0.15, 0.2) is 71.3 Å². The highest BCUT2D eigenvalue weighted by Gasteiger charge is 2.07. The van der Waals surface area contributed by atoms with Gasteiger partial charge < -0.3 is 10.2 Å². The third-order valence-electron chi connectivity index (χ3n) is 3.41. The van der Waals surface area contributed by atoms with Crippen LogP contribution >= 0.6 is 15.9 Å². The highest BCUT2D eigenvalue weighted by Crippen LogP contribution is 2.24. The summed E-state index contributed by atoms with van der Waals surface area (Å²) in [6.45, 7) is 0.798. The van der Waals surface area contributed by atoms with Gasteiger partial charge >= 0.3 is 0 Å². The molecule has 0 amide bonds. The van der Waals surface area contributed by atoms with Gasteiger partial charge in [0.1, 0.15) is 5.82 Å². The average molecular weight is 369 g/mol. The van der Waals surface area contributed by atoms with E-state index in [0.29, 0.717) is 5.95 Å². The Labute approximate surface area is 144 Å². The van der Waals surface area contributed by atoms with Crippen LogP contribution in [0.4, 0.5) is 17.5 Å². The van der Waals surface area contributed by atoms with Crippen molar-refractivity contribution >= 4 is 33.4 Å². The maximum atomic E-state index is 4.59. The molecule has 4 nitrogen and oxygen atoms in total. The molecule has 0 bridgehead atoms. The fourth-order valence-corrected chi connectivity index (χ4v) is 2.63. The van der Waals surface area contributed by atoms with Gasteiger partial charge in [0.05, 0.1) is 5.69 Å². The van der Waals surface area contributed by atoms with Crippen molar-refractivity contribution in [1.82, 2.24) is 9.97 Å². The van der Waals surface area contributed by atoms with Crippen molar-refractivity contribution in [2.45, 2.75) is 6.54 Å². The maximum Gasteiger partial charge on any atom is 0.229 e. The molecule has 0 radical (unpaired) electrons. The molecule has 2 aromatic carbocycles. The van der Waals surface area contributed by atoms with Crippen LogP contribution in [-0.4, -0.2) is 17.0 Å². The Kier molecular flexibility index (Phi) is 4.88. The quantitative estimate of drug-likeness (QED) is 0.713. The van der Waals surface area contributed by atoms with Gasteiger partial charge in [-0.1, -0.05) is 42.5 Å². The molecular formula is C18H17BrN4. The molecule has 116 valence electrons. The first-order valence-electron chi connectivity index (χ1n) is 7.32. The van der Waals surface area contributed by atoms with Gasteiger partial charge in [0.15, 0.2) is 0 Å². The smallest absolute Gasteiger partial charge is 0.229 e. The number of rotatable bonds is 5. The summed E-state index contributed by atoms with van der Waals surface area (Å²) in [5.74, 6) is 1.45. The summed E-state index contributed by atoms with van der Waals surface area (Å²) in [5.41, 5.74) is 2.18. The second-order valence-corrected chi connectivity index (χ2v) is 6.04. The minimum atomic E-state index is 0.578. The summed E-state index contributed by atoms with van der Waals surface area (Å²) in [7, 11) is 2.03. The molecule has 1 aromatic heterocycles. The molecule has 0 aliphatic rings. The normalized spacial score (nSPS) is 10.3. The molecule has 0 spiro atoms. The van der Waals surface area contributed by atoms with Crippen molar-refractivity contribution in [3.8, 4) is 0 Å². The molecule has 3 rings (SSSR count). The molecule has 23 heavy (non-hydrogen) atoms. The first-order valence-corrected chi connectivity index (χ1v) is 8.11. The highest BCUT2D eigenvalue weighted by molar-refractivity contribution is 9.10. The SMILES string of the molecule is CN(Cc1ccccc1)c1ccnc(Nc2ccccc2Br)n1. The van der Waals surface area contributed by atoms with Crippen molar-refractivity contribution in [2.75, 3.05) is 17.3 Å². The Bertz CT molecular complexity index is 777. The average Bonchev–Trinajstić information content (AvgIpc) is 2.58. The lowest BCUT2D eigenvalue weighted by molar-refractivity contribution is 0.893. The molecule has 0 aliphatic carbocycles. The van der Waals surface area contributed by atoms with Crippen LogP contribution in [0.1, 0.15) is 5.56 Å². The predicted molar refractivity (Wildman–Crippen MR) is 98.0 cm³/mol. The van der Waals surface area contributed by atoms with Crippen molar-refractivity contribution in [2.24, 2.45) is 0 Å². The van der Waals surface area contributed by atoms with Crippen molar-refractivity contribution in [3.05, 3.63) is 76.9 Å². The van der Waals surface area contributed by atoms with Crippen LogP contribution in [0, 0.1) is 0 Å². The number of hydrogen-bond acceptors (Lipinski definition) is 4. The zero-order valence-corrected chi connectivity index (χ0v) is 14.4. The van der Waals surface area contributed by atoms with Crippen LogP contribution in [-0.2, 0) is 6.54 Å². The molecule has 3 aromatic rings. The summed E-state index contributed by atoms with van der Waals surface area (Å²) in [5, 5.41) is 3.24. The first-order chi connectivity index (χ1) is 11.2. The molecule has 5 heteroatoms. The van der Waals surface area contributed by atoms with E-state index in [1.165, 1.54) is 5.56 Å². The van der Waals surface area contributed by atoms with Gasteiger partial charge in [-0.3, -0.25) is 0 Å². The largest absolute Gasteiger partial charge is 0.355 e. The Balaban J connectivity index is 1.76. The highest BCUT2D eigenvalue weighted by atomic mass is 79.9. The van der Waals surface area contributed by atoms with Gasteiger partial charge in [0, 0.05) is 24.3 Å². The third kappa shape index (κ3) is 4.07. The van der Waals surface area contributed by atoms with Crippen LogP contribution in [0.25, 0.3) is 0 Å². The molecule has 0 aliphatic heterocycles. The maximum absolute atomic E-state index is 4.59. The number of nitrogens with one attached hydrogen (secondary N) is 1. The number of hydrogen-bond donors (Lipinski definition) is 1. The fourth-order valence-electron chi connectivity index (χ4n) is 2.24. The fraction of sp³-hybridized carbons (Fsp3) is 0.111. The Morgan fingerprint density at radius 1 is 1.00 bits per heavy atom. The van der Waals surface area contributed by atoms with E-state index in [1.807, 2.05) is 55.6 Å². The van der Waals surface area contributed by atoms with Gasteiger partial charge in [-0.15, -0.1) is 0 Å². The van der Waals surface area contributed by atoms with Crippen LogP contribution < -0.4 is 10.2 Å². The predicted octanol–water partition coefficient (Wildman–Crippen LogP) is 4.62. The molecule has 1 heterocycles. The zero-order valence-electron chi connectivity index (χ0n) is 12.8. The summed E-state index contributed by atoms with van der Waals surface area (Å²) in [4.78, 5) is 11.0.